The molecule has 170 valence electrons. The number of nitriles is 1. The Morgan fingerprint density at radius 1 is 1.22 bits per heavy atom. The van der Waals surface area contributed by atoms with Crippen LogP contribution in [-0.2, 0) is 32.4 Å². The van der Waals surface area contributed by atoms with Crippen LogP contribution in [0, 0.1) is 18.3 Å². The van der Waals surface area contributed by atoms with Gasteiger partial charge in [0.25, 0.3) is 5.91 Å². The number of amides is 1. The van der Waals surface area contributed by atoms with Gasteiger partial charge >= 0.3 is 5.97 Å². The van der Waals surface area contributed by atoms with Crippen LogP contribution in [0.5, 0.6) is 0 Å². The number of aryl methyl sites for hydroxylation is 2. The molecule has 1 aromatic carbocycles. The van der Waals surface area contributed by atoms with Gasteiger partial charge in [-0.25, -0.2) is 17.9 Å². The van der Waals surface area contributed by atoms with E-state index in [9.17, 15) is 23.3 Å². The number of hydrogen-bond donors (Lipinski definition) is 2. The number of esters is 1. The van der Waals surface area contributed by atoms with Crippen LogP contribution in [0.2, 0.25) is 0 Å². The minimum atomic E-state index is -3.73. The van der Waals surface area contributed by atoms with Crippen molar-refractivity contribution in [3.63, 3.8) is 0 Å². The summed E-state index contributed by atoms with van der Waals surface area (Å²) in [5, 5.41) is 12.7. The summed E-state index contributed by atoms with van der Waals surface area (Å²) in [5.41, 5.74) is 2.09. The minimum Gasteiger partial charge on any atom is -0.452 e. The second kappa shape index (κ2) is 10.3. The fourth-order valence-corrected chi connectivity index (χ4v) is 5.90. The third-order valence-electron chi connectivity index (χ3n) is 5.19. The first kappa shape index (κ1) is 23.9. The molecule has 32 heavy (non-hydrogen) atoms. The summed E-state index contributed by atoms with van der Waals surface area (Å²) < 4.78 is 31.9. The highest BCUT2D eigenvalue weighted by atomic mass is 32.2. The van der Waals surface area contributed by atoms with Crippen molar-refractivity contribution in [2.24, 2.45) is 0 Å². The summed E-state index contributed by atoms with van der Waals surface area (Å²) in [6.07, 6.45) is 4.92. The van der Waals surface area contributed by atoms with Crippen molar-refractivity contribution < 1.29 is 22.7 Å². The van der Waals surface area contributed by atoms with Crippen molar-refractivity contribution in [3.8, 4) is 6.07 Å². The minimum absolute atomic E-state index is 0.0555. The van der Waals surface area contributed by atoms with Gasteiger partial charge in [-0.05, 0) is 55.9 Å². The molecule has 0 atom stereocenters. The normalized spacial score (nSPS) is 13.5. The van der Waals surface area contributed by atoms with Gasteiger partial charge in [0.15, 0.2) is 6.61 Å². The number of thiophene rings is 1. The van der Waals surface area contributed by atoms with Gasteiger partial charge in [-0.3, -0.25) is 4.79 Å². The topological polar surface area (TPSA) is 125 Å². The van der Waals surface area contributed by atoms with E-state index in [0.29, 0.717) is 16.1 Å². The molecule has 2 N–H and O–H groups in total. The molecule has 8 nitrogen and oxygen atoms in total. The van der Waals surface area contributed by atoms with E-state index in [4.69, 9.17) is 4.74 Å². The standard InChI is InChI=1S/C22H25N3O5S2/c1-3-24-32(28,29)15-10-9-14(2)17(11-15)22(27)30-13-20(26)25-21-18(12-23)16-7-5-4-6-8-19(16)31-21/h9-11,24H,3-8,13H2,1-2H3,(H,25,26). The number of ether oxygens (including phenoxy) is 1. The van der Waals surface area contributed by atoms with Crippen LogP contribution in [-0.4, -0.2) is 33.4 Å². The van der Waals surface area contributed by atoms with Crippen LogP contribution in [0.4, 0.5) is 5.00 Å². The average Bonchev–Trinajstić information content (AvgIpc) is 2.91. The van der Waals surface area contributed by atoms with Crippen LogP contribution < -0.4 is 10.0 Å². The van der Waals surface area contributed by atoms with Crippen molar-refractivity contribution in [2.45, 2.75) is 50.8 Å². The highest BCUT2D eigenvalue weighted by molar-refractivity contribution is 7.89. The van der Waals surface area contributed by atoms with Crippen LogP contribution in [0.1, 0.15) is 58.1 Å². The van der Waals surface area contributed by atoms with Gasteiger partial charge < -0.3 is 10.1 Å². The maximum Gasteiger partial charge on any atom is 0.338 e. The zero-order valence-corrected chi connectivity index (χ0v) is 19.6. The lowest BCUT2D eigenvalue weighted by Gasteiger charge is -2.10. The average molecular weight is 476 g/mol. The molecule has 10 heteroatoms. The largest absolute Gasteiger partial charge is 0.452 e. The number of fused-ring (bicyclic) bond motifs is 1. The van der Waals surface area contributed by atoms with Gasteiger partial charge in [-0.2, -0.15) is 5.26 Å². The predicted octanol–water partition coefficient (Wildman–Crippen LogP) is 3.29. The number of nitrogens with zero attached hydrogens (tertiary/aromatic N) is 1. The third-order valence-corrected chi connectivity index (χ3v) is 7.94. The highest BCUT2D eigenvalue weighted by Gasteiger charge is 2.22. The Labute approximate surface area is 191 Å². The van der Waals surface area contributed by atoms with Crippen LogP contribution in [0.25, 0.3) is 0 Å². The summed E-state index contributed by atoms with van der Waals surface area (Å²) in [4.78, 5) is 26.0. The maximum atomic E-state index is 12.5. The van der Waals surface area contributed by atoms with E-state index in [1.807, 2.05) is 0 Å². The van der Waals surface area contributed by atoms with Crippen molar-refractivity contribution in [2.75, 3.05) is 18.5 Å². The van der Waals surface area contributed by atoms with Crippen molar-refractivity contribution in [1.82, 2.24) is 4.72 Å². The molecule has 0 saturated carbocycles. The van der Waals surface area contributed by atoms with Gasteiger partial charge in [0.05, 0.1) is 16.0 Å². The molecule has 0 spiro atoms. The first-order valence-corrected chi connectivity index (χ1v) is 12.7. The van der Waals surface area contributed by atoms with Crippen molar-refractivity contribution in [3.05, 3.63) is 45.3 Å². The molecule has 3 rings (SSSR count). The fourth-order valence-electron chi connectivity index (χ4n) is 3.58. The maximum absolute atomic E-state index is 12.5. The molecule has 0 unspecified atom stereocenters. The molecule has 1 amide bonds. The molecule has 0 aliphatic heterocycles. The SMILES string of the molecule is CCNS(=O)(=O)c1ccc(C)c(C(=O)OCC(=O)Nc2sc3c(c2C#N)CCCCC3)c1. The molecule has 0 fully saturated rings. The number of sulfonamides is 1. The Kier molecular flexibility index (Phi) is 7.66. The van der Waals surface area contributed by atoms with E-state index in [2.05, 4.69) is 16.1 Å². The smallest absolute Gasteiger partial charge is 0.338 e. The van der Waals surface area contributed by atoms with Crippen molar-refractivity contribution >= 4 is 38.2 Å². The molecule has 1 aliphatic carbocycles. The second-order valence-electron chi connectivity index (χ2n) is 7.48. The fraction of sp³-hybridized carbons (Fsp3) is 0.409. The van der Waals surface area contributed by atoms with E-state index in [1.165, 1.54) is 29.5 Å². The molecule has 1 heterocycles. The Hall–Kier alpha value is -2.74. The number of rotatable bonds is 7. The third kappa shape index (κ3) is 5.35. The van der Waals surface area contributed by atoms with Crippen LogP contribution >= 0.6 is 11.3 Å². The zero-order chi connectivity index (χ0) is 23.3. The summed E-state index contributed by atoms with van der Waals surface area (Å²) >= 11 is 1.40. The summed E-state index contributed by atoms with van der Waals surface area (Å²) in [7, 11) is -3.73. The van der Waals surface area contributed by atoms with Crippen LogP contribution in [0.3, 0.4) is 0 Å². The summed E-state index contributed by atoms with van der Waals surface area (Å²) in [6.45, 7) is 2.98. The monoisotopic (exact) mass is 475 g/mol. The number of carbonyl (C=O) groups is 2. The lowest BCUT2D eigenvalue weighted by atomic mass is 10.1. The number of benzene rings is 1. The second-order valence-corrected chi connectivity index (χ2v) is 10.4. The molecular weight excluding hydrogens is 450 g/mol. The van der Waals surface area contributed by atoms with E-state index in [0.717, 1.165) is 42.5 Å². The molecule has 1 aliphatic rings. The number of hydrogen-bond acceptors (Lipinski definition) is 7. The molecule has 1 aromatic heterocycles. The summed E-state index contributed by atoms with van der Waals surface area (Å²) in [6, 6.07) is 6.34. The van der Waals surface area contributed by atoms with Gasteiger partial charge in [0.2, 0.25) is 10.0 Å². The molecule has 0 bridgehead atoms. The quantitative estimate of drug-likeness (QED) is 0.468. The molecule has 0 radical (unpaired) electrons. The highest BCUT2D eigenvalue weighted by Crippen LogP contribution is 2.36. The number of nitrogens with one attached hydrogen (secondary N) is 2. The zero-order valence-electron chi connectivity index (χ0n) is 18.0. The van der Waals surface area contributed by atoms with Gasteiger partial charge in [-0.1, -0.05) is 19.4 Å². The van der Waals surface area contributed by atoms with Crippen LogP contribution in [0.15, 0.2) is 23.1 Å². The number of carbonyl (C=O) groups excluding carboxylic acids is 2. The Balaban J connectivity index is 1.69. The van der Waals surface area contributed by atoms with E-state index >= 15 is 0 Å². The lowest BCUT2D eigenvalue weighted by molar-refractivity contribution is -0.119. The van der Waals surface area contributed by atoms with E-state index in [-0.39, 0.29) is 17.0 Å². The Morgan fingerprint density at radius 3 is 2.69 bits per heavy atom. The van der Waals surface area contributed by atoms with Gasteiger partial charge in [0.1, 0.15) is 11.1 Å². The Bertz CT molecular complexity index is 1180. The lowest BCUT2D eigenvalue weighted by Crippen LogP contribution is -2.24. The Morgan fingerprint density at radius 2 is 1.97 bits per heavy atom. The molecule has 0 saturated heterocycles. The first-order chi connectivity index (χ1) is 15.3. The van der Waals surface area contributed by atoms with Gasteiger partial charge in [-0.15, -0.1) is 11.3 Å². The number of anilines is 1. The van der Waals surface area contributed by atoms with E-state index < -0.39 is 28.5 Å². The van der Waals surface area contributed by atoms with E-state index in [1.54, 1.807) is 13.8 Å². The molecular formula is C22H25N3O5S2. The predicted molar refractivity (Wildman–Crippen MR) is 121 cm³/mol. The molecule has 2 aromatic rings. The van der Waals surface area contributed by atoms with Crippen molar-refractivity contribution in [1.29, 1.82) is 5.26 Å². The first-order valence-electron chi connectivity index (χ1n) is 10.4. The van der Waals surface area contributed by atoms with Gasteiger partial charge in [0, 0.05) is 11.4 Å². The summed E-state index contributed by atoms with van der Waals surface area (Å²) in [5.74, 6) is -1.35.